The number of ether oxygens (including phenoxy) is 1. The second-order valence-electron chi connectivity index (χ2n) is 6.28. The van der Waals surface area contributed by atoms with Gasteiger partial charge in [0.15, 0.2) is 0 Å². The fourth-order valence-corrected chi connectivity index (χ4v) is 2.55. The molecule has 0 aliphatic carbocycles. The van der Waals surface area contributed by atoms with Gasteiger partial charge < -0.3 is 15.0 Å². The van der Waals surface area contributed by atoms with Gasteiger partial charge in [0.1, 0.15) is 0 Å². The molecule has 2 aromatic rings. The average molecular weight is 354 g/mol. The number of aryl methyl sites for hydroxylation is 2. The number of nitrogens with zero attached hydrogens (tertiary/aromatic N) is 1. The van der Waals surface area contributed by atoms with Crippen LogP contribution in [0.2, 0.25) is 0 Å². The van der Waals surface area contributed by atoms with Gasteiger partial charge in [0.2, 0.25) is 5.91 Å². The molecule has 0 fully saturated rings. The predicted octanol–water partition coefficient (Wildman–Crippen LogP) is 2.71. The number of hydrogen-bond donors (Lipinski definition) is 1. The molecular formula is C21H26N2O3. The summed E-state index contributed by atoms with van der Waals surface area (Å²) in [6.45, 7) is 5.33. The standard InChI is InChI=1S/C21H26N2O3/c1-16-9-10-19(13-17(16)2)21(25)22-14-20(24)23(11-12-26-3)15-18-7-5-4-6-8-18/h4-10,13H,11-12,14-15H2,1-3H3,(H,22,25). The minimum Gasteiger partial charge on any atom is -0.383 e. The Bertz CT molecular complexity index is 744. The first-order valence-electron chi connectivity index (χ1n) is 8.67. The number of carbonyl (C=O) groups excluding carboxylic acids is 2. The zero-order chi connectivity index (χ0) is 18.9. The van der Waals surface area contributed by atoms with Crippen molar-refractivity contribution in [2.75, 3.05) is 26.8 Å². The quantitative estimate of drug-likeness (QED) is 0.793. The fourth-order valence-electron chi connectivity index (χ4n) is 2.55. The number of nitrogens with one attached hydrogen (secondary N) is 1. The maximum atomic E-state index is 12.6. The molecule has 0 aromatic heterocycles. The topological polar surface area (TPSA) is 58.6 Å². The molecular weight excluding hydrogens is 328 g/mol. The van der Waals surface area contributed by atoms with Crippen molar-refractivity contribution in [3.05, 3.63) is 70.8 Å². The van der Waals surface area contributed by atoms with E-state index in [0.717, 1.165) is 16.7 Å². The average Bonchev–Trinajstić information content (AvgIpc) is 2.65. The summed E-state index contributed by atoms with van der Waals surface area (Å²) in [5.74, 6) is -0.379. The Hall–Kier alpha value is -2.66. The van der Waals surface area contributed by atoms with Gasteiger partial charge in [-0.15, -0.1) is 0 Å². The molecule has 0 atom stereocenters. The molecule has 5 nitrogen and oxygen atoms in total. The SMILES string of the molecule is COCCN(Cc1ccccc1)C(=O)CNC(=O)c1ccc(C)c(C)c1. The minimum atomic E-state index is -0.243. The van der Waals surface area contributed by atoms with E-state index < -0.39 is 0 Å². The minimum absolute atomic E-state index is 0.0394. The van der Waals surface area contributed by atoms with Crippen molar-refractivity contribution >= 4 is 11.8 Å². The lowest BCUT2D eigenvalue weighted by Crippen LogP contribution is -2.41. The molecule has 2 aromatic carbocycles. The van der Waals surface area contributed by atoms with E-state index in [2.05, 4.69) is 5.32 Å². The molecule has 2 amide bonds. The lowest BCUT2D eigenvalue weighted by Gasteiger charge is -2.23. The summed E-state index contributed by atoms with van der Waals surface area (Å²) < 4.78 is 5.10. The Morgan fingerprint density at radius 2 is 1.77 bits per heavy atom. The van der Waals surface area contributed by atoms with Crippen LogP contribution in [0.3, 0.4) is 0 Å². The molecule has 0 saturated heterocycles. The predicted molar refractivity (Wildman–Crippen MR) is 102 cm³/mol. The Balaban J connectivity index is 1.97. The summed E-state index contributed by atoms with van der Waals surface area (Å²) in [6.07, 6.45) is 0. The van der Waals surface area contributed by atoms with Gasteiger partial charge in [-0.05, 0) is 42.7 Å². The normalized spacial score (nSPS) is 10.4. The third kappa shape index (κ3) is 5.70. The van der Waals surface area contributed by atoms with E-state index in [9.17, 15) is 9.59 Å². The van der Waals surface area contributed by atoms with Crippen LogP contribution in [0, 0.1) is 13.8 Å². The second-order valence-corrected chi connectivity index (χ2v) is 6.28. The van der Waals surface area contributed by atoms with Gasteiger partial charge >= 0.3 is 0 Å². The molecule has 26 heavy (non-hydrogen) atoms. The highest BCUT2D eigenvalue weighted by atomic mass is 16.5. The third-order valence-electron chi connectivity index (χ3n) is 4.30. The molecule has 5 heteroatoms. The van der Waals surface area contributed by atoms with Crippen LogP contribution in [0.15, 0.2) is 48.5 Å². The van der Waals surface area contributed by atoms with Crippen LogP contribution in [0.25, 0.3) is 0 Å². The van der Waals surface area contributed by atoms with Gasteiger partial charge in [-0.25, -0.2) is 0 Å². The van der Waals surface area contributed by atoms with Crippen molar-refractivity contribution in [1.29, 1.82) is 0 Å². The summed E-state index contributed by atoms with van der Waals surface area (Å²) in [5.41, 5.74) is 3.78. The highest BCUT2D eigenvalue weighted by Gasteiger charge is 2.15. The van der Waals surface area contributed by atoms with Crippen molar-refractivity contribution in [3.8, 4) is 0 Å². The lowest BCUT2D eigenvalue weighted by atomic mass is 10.1. The highest BCUT2D eigenvalue weighted by molar-refractivity contribution is 5.96. The number of methoxy groups -OCH3 is 1. The summed E-state index contributed by atoms with van der Waals surface area (Å²) in [4.78, 5) is 26.6. The van der Waals surface area contributed by atoms with Gasteiger partial charge in [-0.1, -0.05) is 36.4 Å². The van der Waals surface area contributed by atoms with Gasteiger partial charge in [-0.2, -0.15) is 0 Å². The number of amides is 2. The van der Waals surface area contributed by atoms with Crippen molar-refractivity contribution in [1.82, 2.24) is 10.2 Å². The number of hydrogen-bond acceptors (Lipinski definition) is 3. The maximum Gasteiger partial charge on any atom is 0.251 e. The van der Waals surface area contributed by atoms with Crippen LogP contribution in [0.5, 0.6) is 0 Å². The van der Waals surface area contributed by atoms with Crippen molar-refractivity contribution in [2.45, 2.75) is 20.4 Å². The van der Waals surface area contributed by atoms with E-state index in [-0.39, 0.29) is 18.4 Å². The molecule has 0 aliphatic heterocycles. The van der Waals surface area contributed by atoms with Crippen molar-refractivity contribution < 1.29 is 14.3 Å². The molecule has 0 bridgehead atoms. The molecule has 0 radical (unpaired) electrons. The van der Waals surface area contributed by atoms with Crippen LogP contribution < -0.4 is 5.32 Å². The Kier molecular flexibility index (Phi) is 7.36. The Morgan fingerprint density at radius 3 is 2.42 bits per heavy atom. The largest absolute Gasteiger partial charge is 0.383 e. The fraction of sp³-hybridized carbons (Fsp3) is 0.333. The van der Waals surface area contributed by atoms with Crippen LogP contribution in [-0.4, -0.2) is 43.5 Å². The molecule has 0 spiro atoms. The Morgan fingerprint density at radius 1 is 1.04 bits per heavy atom. The number of rotatable bonds is 8. The van der Waals surface area contributed by atoms with Gasteiger partial charge in [0.05, 0.1) is 13.2 Å². The molecule has 0 heterocycles. The molecule has 0 unspecified atom stereocenters. The number of benzene rings is 2. The van der Waals surface area contributed by atoms with E-state index in [1.165, 1.54) is 0 Å². The van der Waals surface area contributed by atoms with Gasteiger partial charge in [-0.3, -0.25) is 9.59 Å². The zero-order valence-electron chi connectivity index (χ0n) is 15.6. The summed E-state index contributed by atoms with van der Waals surface area (Å²) in [6, 6.07) is 15.3. The molecule has 0 saturated carbocycles. The number of carbonyl (C=O) groups is 2. The smallest absolute Gasteiger partial charge is 0.251 e. The first-order chi connectivity index (χ1) is 12.5. The van der Waals surface area contributed by atoms with Gasteiger partial charge in [0.25, 0.3) is 5.91 Å². The van der Waals surface area contributed by atoms with Gasteiger partial charge in [0, 0.05) is 25.8 Å². The first-order valence-corrected chi connectivity index (χ1v) is 8.67. The van der Waals surface area contributed by atoms with Crippen LogP contribution in [0.4, 0.5) is 0 Å². The first kappa shape index (κ1) is 19.7. The van der Waals surface area contributed by atoms with E-state index in [0.29, 0.717) is 25.3 Å². The van der Waals surface area contributed by atoms with E-state index in [4.69, 9.17) is 4.74 Å². The van der Waals surface area contributed by atoms with Crippen molar-refractivity contribution in [3.63, 3.8) is 0 Å². The molecule has 2 rings (SSSR count). The highest BCUT2D eigenvalue weighted by Crippen LogP contribution is 2.10. The summed E-state index contributed by atoms with van der Waals surface area (Å²) in [7, 11) is 1.60. The zero-order valence-corrected chi connectivity index (χ0v) is 15.6. The monoisotopic (exact) mass is 354 g/mol. The van der Waals surface area contributed by atoms with Crippen LogP contribution >= 0.6 is 0 Å². The van der Waals surface area contributed by atoms with Crippen LogP contribution in [0.1, 0.15) is 27.0 Å². The van der Waals surface area contributed by atoms with E-state index in [1.807, 2.05) is 56.3 Å². The Labute approximate surface area is 155 Å². The van der Waals surface area contributed by atoms with Crippen LogP contribution in [-0.2, 0) is 16.1 Å². The molecule has 0 aliphatic rings. The third-order valence-corrected chi connectivity index (χ3v) is 4.30. The van der Waals surface area contributed by atoms with E-state index in [1.54, 1.807) is 18.1 Å². The van der Waals surface area contributed by atoms with E-state index >= 15 is 0 Å². The second kappa shape index (κ2) is 9.73. The molecule has 138 valence electrons. The van der Waals surface area contributed by atoms with Crippen molar-refractivity contribution in [2.24, 2.45) is 0 Å². The maximum absolute atomic E-state index is 12.6. The lowest BCUT2D eigenvalue weighted by molar-refractivity contribution is -0.131. The summed E-state index contributed by atoms with van der Waals surface area (Å²) in [5, 5.41) is 2.72. The molecule has 1 N–H and O–H groups in total. The summed E-state index contributed by atoms with van der Waals surface area (Å²) >= 11 is 0.